The lowest BCUT2D eigenvalue weighted by molar-refractivity contribution is 0.564. The summed E-state index contributed by atoms with van der Waals surface area (Å²) in [6.07, 6.45) is 2.88. The van der Waals surface area contributed by atoms with Crippen molar-refractivity contribution in [3.63, 3.8) is 0 Å². The minimum Gasteiger partial charge on any atom is -0.330 e. The van der Waals surface area contributed by atoms with E-state index in [0.717, 1.165) is 28.7 Å². The summed E-state index contributed by atoms with van der Waals surface area (Å²) in [4.78, 5) is 0. The lowest BCUT2D eigenvalue weighted by Crippen LogP contribution is -2.06. The molecule has 2 aromatic rings. The maximum absolute atomic E-state index is 5.46. The van der Waals surface area contributed by atoms with Gasteiger partial charge in [0.25, 0.3) is 0 Å². The molecule has 90 valence electrons. The average molecular weight is 295 g/mol. The van der Waals surface area contributed by atoms with E-state index in [1.54, 1.807) is 0 Å². The molecule has 0 aliphatic rings. The van der Waals surface area contributed by atoms with Crippen LogP contribution in [-0.4, -0.2) is 21.5 Å². The highest BCUT2D eigenvalue weighted by atomic mass is 79.9. The average Bonchev–Trinajstić information content (AvgIpc) is 2.79. The first-order valence-corrected chi connectivity index (χ1v) is 6.36. The number of rotatable bonds is 4. The van der Waals surface area contributed by atoms with Crippen LogP contribution < -0.4 is 5.73 Å². The predicted octanol–water partition coefficient (Wildman–Crippen LogP) is 2.36. The zero-order valence-corrected chi connectivity index (χ0v) is 11.3. The van der Waals surface area contributed by atoms with Crippen molar-refractivity contribution in [1.29, 1.82) is 0 Å². The minimum absolute atomic E-state index is 0.673. The molecule has 17 heavy (non-hydrogen) atoms. The first-order chi connectivity index (χ1) is 8.20. The number of halogens is 1. The molecular formula is C12H15BrN4. The van der Waals surface area contributed by atoms with E-state index >= 15 is 0 Å². The Balaban J connectivity index is 2.21. The Morgan fingerprint density at radius 2 is 2.24 bits per heavy atom. The van der Waals surface area contributed by atoms with Crippen molar-refractivity contribution in [3.05, 3.63) is 34.4 Å². The summed E-state index contributed by atoms with van der Waals surface area (Å²) in [5.74, 6) is 0. The van der Waals surface area contributed by atoms with Crippen LogP contribution in [0.25, 0.3) is 11.3 Å². The van der Waals surface area contributed by atoms with Gasteiger partial charge in [-0.15, -0.1) is 5.10 Å². The number of hydrogen-bond donors (Lipinski definition) is 1. The van der Waals surface area contributed by atoms with Crippen LogP contribution in [0.3, 0.4) is 0 Å². The summed E-state index contributed by atoms with van der Waals surface area (Å²) >= 11 is 3.49. The topological polar surface area (TPSA) is 56.7 Å². The molecule has 0 aliphatic heterocycles. The molecule has 1 heterocycles. The standard InChI is InChI=1S/C12H15BrN4/c1-9-7-10(3-4-11(9)13)12-8-17(16-15-12)6-2-5-14/h3-4,7-8H,2,5-6,14H2,1H3. The van der Waals surface area contributed by atoms with E-state index in [9.17, 15) is 0 Å². The van der Waals surface area contributed by atoms with Crippen LogP contribution in [0, 0.1) is 6.92 Å². The number of aromatic nitrogens is 3. The lowest BCUT2D eigenvalue weighted by atomic mass is 10.1. The van der Waals surface area contributed by atoms with Gasteiger partial charge in [-0.3, -0.25) is 4.68 Å². The first kappa shape index (κ1) is 12.3. The molecule has 4 nitrogen and oxygen atoms in total. The fourth-order valence-electron chi connectivity index (χ4n) is 1.60. The Morgan fingerprint density at radius 3 is 2.94 bits per heavy atom. The van der Waals surface area contributed by atoms with Crippen molar-refractivity contribution in [1.82, 2.24) is 15.0 Å². The fraction of sp³-hybridized carbons (Fsp3) is 0.333. The van der Waals surface area contributed by atoms with Crippen molar-refractivity contribution < 1.29 is 0 Å². The SMILES string of the molecule is Cc1cc(-c2cn(CCCN)nn2)ccc1Br. The summed E-state index contributed by atoms with van der Waals surface area (Å²) in [6, 6.07) is 6.17. The third-order valence-electron chi connectivity index (χ3n) is 2.58. The van der Waals surface area contributed by atoms with Crippen LogP contribution in [0.1, 0.15) is 12.0 Å². The summed E-state index contributed by atoms with van der Waals surface area (Å²) in [7, 11) is 0. The second kappa shape index (κ2) is 5.42. The third kappa shape index (κ3) is 2.92. The number of benzene rings is 1. The van der Waals surface area contributed by atoms with Crippen LogP contribution in [0.15, 0.2) is 28.9 Å². The van der Waals surface area contributed by atoms with Crippen molar-refractivity contribution in [3.8, 4) is 11.3 Å². The minimum atomic E-state index is 0.673. The van der Waals surface area contributed by atoms with Gasteiger partial charge in [-0.2, -0.15) is 0 Å². The summed E-state index contributed by atoms with van der Waals surface area (Å²) in [6.45, 7) is 3.55. The lowest BCUT2D eigenvalue weighted by Gasteiger charge is -2.00. The molecule has 1 aromatic carbocycles. The smallest absolute Gasteiger partial charge is 0.113 e. The normalized spacial score (nSPS) is 10.8. The summed E-state index contributed by atoms with van der Waals surface area (Å²) < 4.78 is 2.94. The Hall–Kier alpha value is -1.20. The first-order valence-electron chi connectivity index (χ1n) is 5.57. The van der Waals surface area contributed by atoms with E-state index in [2.05, 4.69) is 39.2 Å². The van der Waals surface area contributed by atoms with Gasteiger partial charge in [-0.05, 0) is 37.6 Å². The van der Waals surface area contributed by atoms with Gasteiger partial charge in [0.2, 0.25) is 0 Å². The molecule has 2 N–H and O–H groups in total. The maximum atomic E-state index is 5.46. The van der Waals surface area contributed by atoms with Crippen molar-refractivity contribution in [2.45, 2.75) is 19.9 Å². The zero-order valence-electron chi connectivity index (χ0n) is 9.73. The molecule has 0 amide bonds. The molecule has 0 bridgehead atoms. The number of aryl methyl sites for hydroxylation is 2. The van der Waals surface area contributed by atoms with Crippen LogP contribution >= 0.6 is 15.9 Å². The van der Waals surface area contributed by atoms with Gasteiger partial charge in [0.05, 0.1) is 6.20 Å². The van der Waals surface area contributed by atoms with Gasteiger partial charge in [-0.25, -0.2) is 0 Å². The fourth-order valence-corrected chi connectivity index (χ4v) is 1.84. The van der Waals surface area contributed by atoms with Crippen LogP contribution in [0.5, 0.6) is 0 Å². The van der Waals surface area contributed by atoms with Gasteiger partial charge >= 0.3 is 0 Å². The molecule has 0 saturated heterocycles. The van der Waals surface area contributed by atoms with Crippen molar-refractivity contribution in [2.75, 3.05) is 6.54 Å². The number of nitrogens with zero attached hydrogens (tertiary/aromatic N) is 3. The molecule has 0 radical (unpaired) electrons. The third-order valence-corrected chi connectivity index (χ3v) is 3.47. The van der Waals surface area contributed by atoms with E-state index < -0.39 is 0 Å². The van der Waals surface area contributed by atoms with Gasteiger partial charge in [0, 0.05) is 16.6 Å². The van der Waals surface area contributed by atoms with Gasteiger partial charge in [-0.1, -0.05) is 27.2 Å². The van der Waals surface area contributed by atoms with Crippen molar-refractivity contribution in [2.24, 2.45) is 5.73 Å². The number of hydrogen-bond acceptors (Lipinski definition) is 3. The van der Waals surface area contributed by atoms with E-state index in [-0.39, 0.29) is 0 Å². The highest BCUT2D eigenvalue weighted by molar-refractivity contribution is 9.10. The quantitative estimate of drug-likeness (QED) is 0.942. The van der Waals surface area contributed by atoms with Crippen LogP contribution in [0.4, 0.5) is 0 Å². The van der Waals surface area contributed by atoms with Gasteiger partial charge < -0.3 is 5.73 Å². The molecule has 0 aliphatic carbocycles. The van der Waals surface area contributed by atoms with Gasteiger partial charge in [0.15, 0.2) is 0 Å². The molecule has 0 unspecified atom stereocenters. The van der Waals surface area contributed by atoms with Gasteiger partial charge in [0.1, 0.15) is 5.69 Å². The monoisotopic (exact) mass is 294 g/mol. The second-order valence-electron chi connectivity index (χ2n) is 3.97. The molecule has 0 saturated carbocycles. The molecule has 0 atom stereocenters. The maximum Gasteiger partial charge on any atom is 0.113 e. The van der Waals surface area contributed by atoms with E-state index in [4.69, 9.17) is 5.73 Å². The van der Waals surface area contributed by atoms with E-state index in [1.807, 2.05) is 23.0 Å². The molecule has 0 fully saturated rings. The molecular weight excluding hydrogens is 280 g/mol. The molecule has 2 rings (SSSR count). The zero-order chi connectivity index (χ0) is 12.3. The van der Waals surface area contributed by atoms with E-state index in [0.29, 0.717) is 6.54 Å². The molecule has 5 heteroatoms. The Morgan fingerprint density at radius 1 is 1.41 bits per heavy atom. The predicted molar refractivity (Wildman–Crippen MR) is 71.6 cm³/mol. The molecule has 1 aromatic heterocycles. The van der Waals surface area contributed by atoms with Crippen molar-refractivity contribution >= 4 is 15.9 Å². The summed E-state index contributed by atoms with van der Waals surface area (Å²) in [5.41, 5.74) is 8.65. The Kier molecular flexibility index (Phi) is 3.91. The number of nitrogens with two attached hydrogens (primary N) is 1. The Bertz CT molecular complexity index is 507. The van der Waals surface area contributed by atoms with E-state index in [1.165, 1.54) is 5.56 Å². The highest BCUT2D eigenvalue weighted by Gasteiger charge is 2.05. The van der Waals surface area contributed by atoms with Crippen LogP contribution in [-0.2, 0) is 6.54 Å². The second-order valence-corrected chi connectivity index (χ2v) is 4.83. The molecule has 0 spiro atoms. The van der Waals surface area contributed by atoms with Crippen LogP contribution in [0.2, 0.25) is 0 Å². The Labute approximate surface area is 109 Å². The highest BCUT2D eigenvalue weighted by Crippen LogP contribution is 2.23. The largest absolute Gasteiger partial charge is 0.330 e. The summed E-state index contributed by atoms with van der Waals surface area (Å²) in [5, 5.41) is 8.25.